The lowest BCUT2D eigenvalue weighted by Crippen LogP contribution is -2.07. The number of benzene rings is 2. The summed E-state index contributed by atoms with van der Waals surface area (Å²) in [5, 5.41) is 11.0. The highest BCUT2D eigenvalue weighted by Gasteiger charge is 2.30. The Balaban J connectivity index is 1.81. The molecular weight excluding hydrogens is 310 g/mol. The first-order chi connectivity index (χ1) is 11.6. The number of hydrogen-bond donors (Lipinski definition) is 0. The Labute approximate surface area is 139 Å². The van der Waals surface area contributed by atoms with E-state index in [1.807, 2.05) is 24.3 Å². The summed E-state index contributed by atoms with van der Waals surface area (Å²) in [6, 6.07) is 10.5. The fourth-order valence-electron chi connectivity index (χ4n) is 2.61. The van der Waals surface area contributed by atoms with Crippen molar-refractivity contribution in [2.24, 2.45) is 0 Å². The Bertz CT molecular complexity index is 770. The average molecular weight is 327 g/mol. The van der Waals surface area contributed by atoms with Crippen LogP contribution in [0.5, 0.6) is 11.5 Å². The molecule has 2 aromatic carbocycles. The van der Waals surface area contributed by atoms with Gasteiger partial charge in [-0.2, -0.15) is 0 Å². The van der Waals surface area contributed by atoms with E-state index in [0.29, 0.717) is 12.0 Å². The van der Waals surface area contributed by atoms with E-state index < -0.39 is 11.2 Å². The maximum Gasteiger partial charge on any atom is 0.283 e. The van der Waals surface area contributed by atoms with Crippen LogP contribution in [0.2, 0.25) is 0 Å². The van der Waals surface area contributed by atoms with Gasteiger partial charge in [0.1, 0.15) is 0 Å². The van der Waals surface area contributed by atoms with Gasteiger partial charge in [0.2, 0.25) is 0 Å². The Morgan fingerprint density at radius 1 is 1.17 bits per heavy atom. The van der Waals surface area contributed by atoms with Gasteiger partial charge in [0, 0.05) is 11.6 Å². The SMILES string of the molecule is CCCCc1ccc(C2Oc3cc(C=O)c([N+](=O)[O-])cc3O2)cc1. The van der Waals surface area contributed by atoms with Crippen LogP contribution < -0.4 is 9.47 Å². The van der Waals surface area contributed by atoms with Gasteiger partial charge < -0.3 is 9.47 Å². The van der Waals surface area contributed by atoms with Gasteiger partial charge in [0.05, 0.1) is 16.6 Å². The van der Waals surface area contributed by atoms with Crippen molar-refractivity contribution < 1.29 is 19.2 Å². The fraction of sp³-hybridized carbons (Fsp3) is 0.278. The van der Waals surface area contributed by atoms with E-state index in [-0.39, 0.29) is 17.0 Å². The smallest absolute Gasteiger partial charge is 0.283 e. The van der Waals surface area contributed by atoms with Crippen LogP contribution >= 0.6 is 0 Å². The van der Waals surface area contributed by atoms with Gasteiger partial charge in [0.25, 0.3) is 12.0 Å². The van der Waals surface area contributed by atoms with Crippen molar-refractivity contribution in [3.8, 4) is 11.5 Å². The molecule has 0 saturated heterocycles. The summed E-state index contributed by atoms with van der Waals surface area (Å²) in [4.78, 5) is 21.4. The standard InChI is InChI=1S/C18H17NO5/c1-2-3-4-12-5-7-13(8-6-12)18-23-16-9-14(11-20)15(19(21)22)10-17(16)24-18/h5-11,18H,2-4H2,1H3. The molecule has 1 aliphatic heterocycles. The van der Waals surface area contributed by atoms with E-state index >= 15 is 0 Å². The number of nitro benzene ring substituents is 1. The summed E-state index contributed by atoms with van der Waals surface area (Å²) in [6.45, 7) is 2.15. The number of carbonyl (C=O) groups excluding carboxylic acids is 1. The lowest BCUT2D eigenvalue weighted by atomic mass is 10.1. The summed E-state index contributed by atoms with van der Waals surface area (Å²) in [5.74, 6) is 0.607. The Kier molecular flexibility index (Phi) is 4.46. The van der Waals surface area contributed by atoms with Crippen LogP contribution in [0, 0.1) is 10.1 Å². The first kappa shape index (κ1) is 16.0. The summed E-state index contributed by atoms with van der Waals surface area (Å²) in [6.07, 6.45) is 3.08. The van der Waals surface area contributed by atoms with Crippen LogP contribution in [0.1, 0.15) is 47.5 Å². The van der Waals surface area contributed by atoms with Crippen molar-refractivity contribution in [1.82, 2.24) is 0 Å². The molecule has 0 spiro atoms. The third-order valence-corrected chi connectivity index (χ3v) is 3.96. The van der Waals surface area contributed by atoms with E-state index in [1.54, 1.807) is 0 Å². The summed E-state index contributed by atoms with van der Waals surface area (Å²) in [7, 11) is 0. The van der Waals surface area contributed by atoms with Gasteiger partial charge in [-0.3, -0.25) is 14.9 Å². The first-order valence-corrected chi connectivity index (χ1v) is 7.82. The van der Waals surface area contributed by atoms with E-state index in [9.17, 15) is 14.9 Å². The molecule has 3 rings (SSSR count). The lowest BCUT2D eigenvalue weighted by Gasteiger charge is -2.11. The van der Waals surface area contributed by atoms with E-state index in [4.69, 9.17) is 9.47 Å². The second-order valence-electron chi connectivity index (χ2n) is 5.65. The monoisotopic (exact) mass is 327 g/mol. The maximum absolute atomic E-state index is 11.0. The normalized spacial score (nSPS) is 15.3. The minimum absolute atomic E-state index is 0.0297. The van der Waals surface area contributed by atoms with Crippen molar-refractivity contribution in [3.63, 3.8) is 0 Å². The second-order valence-corrected chi connectivity index (χ2v) is 5.65. The number of hydrogen-bond acceptors (Lipinski definition) is 5. The molecule has 6 heteroatoms. The van der Waals surface area contributed by atoms with Crippen LogP contribution in [0.4, 0.5) is 5.69 Å². The summed E-state index contributed by atoms with van der Waals surface area (Å²) in [5.41, 5.74) is 1.75. The van der Waals surface area contributed by atoms with Crippen molar-refractivity contribution in [2.75, 3.05) is 0 Å². The number of aldehydes is 1. The van der Waals surface area contributed by atoms with Gasteiger partial charge in [-0.25, -0.2) is 0 Å². The number of nitro groups is 1. The minimum atomic E-state index is -0.665. The van der Waals surface area contributed by atoms with Crippen molar-refractivity contribution >= 4 is 12.0 Å². The lowest BCUT2D eigenvalue weighted by molar-refractivity contribution is -0.385. The predicted molar refractivity (Wildman–Crippen MR) is 87.5 cm³/mol. The molecule has 1 aliphatic rings. The van der Waals surface area contributed by atoms with Crippen LogP contribution in [0.25, 0.3) is 0 Å². The van der Waals surface area contributed by atoms with Crippen molar-refractivity contribution in [1.29, 1.82) is 0 Å². The summed E-state index contributed by atoms with van der Waals surface area (Å²) < 4.78 is 11.3. The van der Waals surface area contributed by atoms with Gasteiger partial charge >= 0.3 is 0 Å². The van der Waals surface area contributed by atoms with Crippen LogP contribution in [-0.4, -0.2) is 11.2 Å². The molecular formula is C18H17NO5. The van der Waals surface area contributed by atoms with E-state index in [2.05, 4.69) is 6.92 Å². The molecule has 0 fully saturated rings. The zero-order chi connectivity index (χ0) is 17.1. The van der Waals surface area contributed by atoms with E-state index in [1.165, 1.54) is 17.7 Å². The van der Waals surface area contributed by atoms with Crippen LogP contribution in [-0.2, 0) is 6.42 Å². The van der Waals surface area contributed by atoms with Gasteiger partial charge in [0.15, 0.2) is 17.8 Å². The molecule has 6 nitrogen and oxygen atoms in total. The zero-order valence-corrected chi connectivity index (χ0v) is 13.2. The Morgan fingerprint density at radius 2 is 1.83 bits per heavy atom. The quantitative estimate of drug-likeness (QED) is 0.451. The number of fused-ring (bicyclic) bond motifs is 1. The van der Waals surface area contributed by atoms with E-state index in [0.717, 1.165) is 24.8 Å². The number of carbonyl (C=O) groups is 1. The highest BCUT2D eigenvalue weighted by atomic mass is 16.7. The highest BCUT2D eigenvalue weighted by Crippen LogP contribution is 2.43. The van der Waals surface area contributed by atoms with Crippen molar-refractivity contribution in [3.05, 3.63) is 63.2 Å². The number of aryl methyl sites for hydroxylation is 1. The number of rotatable bonds is 6. The second kappa shape index (κ2) is 6.70. The topological polar surface area (TPSA) is 78.7 Å². The maximum atomic E-state index is 11.0. The minimum Gasteiger partial charge on any atom is -0.447 e. The van der Waals surface area contributed by atoms with Gasteiger partial charge in [-0.05, 0) is 18.4 Å². The number of ether oxygens (including phenoxy) is 2. The number of unbranched alkanes of at least 4 members (excludes halogenated alkanes) is 1. The fourth-order valence-corrected chi connectivity index (χ4v) is 2.61. The molecule has 0 N–H and O–H groups in total. The third kappa shape index (κ3) is 3.08. The molecule has 0 aromatic heterocycles. The predicted octanol–water partition coefficient (Wildman–Crippen LogP) is 4.22. The highest BCUT2D eigenvalue weighted by molar-refractivity contribution is 5.83. The first-order valence-electron chi connectivity index (χ1n) is 7.82. The molecule has 0 bridgehead atoms. The molecule has 0 aliphatic carbocycles. The Morgan fingerprint density at radius 3 is 2.42 bits per heavy atom. The van der Waals surface area contributed by atoms with Crippen molar-refractivity contribution in [2.45, 2.75) is 32.5 Å². The average Bonchev–Trinajstić information content (AvgIpc) is 3.02. The molecule has 1 unspecified atom stereocenters. The zero-order valence-electron chi connectivity index (χ0n) is 13.2. The van der Waals surface area contributed by atoms with Crippen LogP contribution in [0.15, 0.2) is 36.4 Å². The van der Waals surface area contributed by atoms with Gasteiger partial charge in [-0.15, -0.1) is 0 Å². The molecule has 0 radical (unpaired) electrons. The molecule has 1 atom stereocenters. The van der Waals surface area contributed by atoms with Crippen LogP contribution in [0.3, 0.4) is 0 Å². The summed E-state index contributed by atoms with van der Waals surface area (Å²) >= 11 is 0. The molecule has 0 saturated carbocycles. The molecule has 0 amide bonds. The van der Waals surface area contributed by atoms with Gasteiger partial charge in [-0.1, -0.05) is 37.6 Å². The Hall–Kier alpha value is -2.89. The third-order valence-electron chi connectivity index (χ3n) is 3.96. The molecule has 24 heavy (non-hydrogen) atoms. The molecule has 2 aromatic rings. The molecule has 1 heterocycles. The number of nitrogens with zero attached hydrogens (tertiary/aromatic N) is 1. The largest absolute Gasteiger partial charge is 0.447 e. The molecule has 124 valence electrons.